The highest BCUT2D eigenvalue weighted by molar-refractivity contribution is 5.76. The van der Waals surface area contributed by atoms with Gasteiger partial charge < -0.3 is 14.4 Å². The predicted molar refractivity (Wildman–Crippen MR) is 111 cm³/mol. The van der Waals surface area contributed by atoms with Crippen LogP contribution >= 0.6 is 0 Å². The molecule has 1 aromatic heterocycles. The molecular formula is C22H33N5O. The number of likely N-dealkylation sites (tertiary alicyclic amines) is 1. The highest BCUT2D eigenvalue weighted by atomic mass is 16.2. The number of benzene rings is 1. The second kappa shape index (κ2) is 9.82. The Bertz CT molecular complexity index is 748. The lowest BCUT2D eigenvalue weighted by Gasteiger charge is -2.32. The zero-order chi connectivity index (χ0) is 19.9. The average Bonchev–Trinajstić information content (AvgIpc) is 3.10. The number of aryl methyl sites for hydroxylation is 1. The molecule has 152 valence electrons. The molecule has 28 heavy (non-hydrogen) atoms. The average molecular weight is 384 g/mol. The maximum absolute atomic E-state index is 12.6. The molecule has 0 atom stereocenters. The van der Waals surface area contributed by atoms with Gasteiger partial charge >= 0.3 is 0 Å². The third-order valence-corrected chi connectivity index (χ3v) is 5.54. The van der Waals surface area contributed by atoms with Crippen molar-refractivity contribution in [3.8, 4) is 0 Å². The Morgan fingerprint density at radius 2 is 1.86 bits per heavy atom. The SMILES string of the molecule is CCn1c(CN(C)C)nnc1C1CCN(C(=O)CCCc2ccccc2)CC1. The molecule has 1 aromatic carbocycles. The van der Waals surface area contributed by atoms with Crippen molar-refractivity contribution in [3.63, 3.8) is 0 Å². The molecule has 0 unspecified atom stereocenters. The normalized spacial score (nSPS) is 15.4. The number of rotatable bonds is 8. The maximum atomic E-state index is 12.6. The molecule has 0 aliphatic carbocycles. The van der Waals surface area contributed by atoms with E-state index in [2.05, 4.69) is 64.9 Å². The summed E-state index contributed by atoms with van der Waals surface area (Å²) in [5.74, 6) is 2.81. The number of carbonyl (C=O) groups excluding carboxylic acids is 1. The topological polar surface area (TPSA) is 54.3 Å². The summed E-state index contributed by atoms with van der Waals surface area (Å²) >= 11 is 0. The van der Waals surface area contributed by atoms with E-state index < -0.39 is 0 Å². The van der Waals surface area contributed by atoms with Gasteiger partial charge in [0, 0.05) is 32.0 Å². The Morgan fingerprint density at radius 1 is 1.14 bits per heavy atom. The van der Waals surface area contributed by atoms with E-state index in [1.165, 1.54) is 5.56 Å². The number of hydrogen-bond acceptors (Lipinski definition) is 4. The summed E-state index contributed by atoms with van der Waals surface area (Å²) in [7, 11) is 4.10. The van der Waals surface area contributed by atoms with Gasteiger partial charge in [-0.2, -0.15) is 0 Å². The van der Waals surface area contributed by atoms with Crippen LogP contribution in [0.4, 0.5) is 0 Å². The van der Waals surface area contributed by atoms with E-state index in [1.807, 2.05) is 11.0 Å². The van der Waals surface area contributed by atoms with E-state index in [1.54, 1.807) is 0 Å². The van der Waals surface area contributed by atoms with Crippen molar-refractivity contribution in [2.75, 3.05) is 27.2 Å². The molecule has 1 aliphatic heterocycles. The van der Waals surface area contributed by atoms with E-state index in [-0.39, 0.29) is 0 Å². The maximum Gasteiger partial charge on any atom is 0.222 e. The first kappa shape index (κ1) is 20.5. The van der Waals surface area contributed by atoms with Gasteiger partial charge in [-0.3, -0.25) is 4.79 Å². The number of amides is 1. The van der Waals surface area contributed by atoms with Crippen molar-refractivity contribution in [2.45, 2.75) is 58.0 Å². The summed E-state index contributed by atoms with van der Waals surface area (Å²) in [5.41, 5.74) is 1.31. The summed E-state index contributed by atoms with van der Waals surface area (Å²) in [6.45, 7) is 5.50. The Labute approximate surface area is 168 Å². The molecule has 0 spiro atoms. The fraction of sp³-hybridized carbons (Fsp3) is 0.591. The number of carbonyl (C=O) groups is 1. The first-order valence-electron chi connectivity index (χ1n) is 10.5. The first-order valence-corrected chi connectivity index (χ1v) is 10.5. The molecule has 0 radical (unpaired) electrons. The zero-order valence-corrected chi connectivity index (χ0v) is 17.5. The monoisotopic (exact) mass is 383 g/mol. The highest BCUT2D eigenvalue weighted by Gasteiger charge is 2.27. The second-order valence-electron chi connectivity index (χ2n) is 7.95. The van der Waals surface area contributed by atoms with Crippen molar-refractivity contribution in [2.24, 2.45) is 0 Å². The third kappa shape index (κ3) is 5.19. The number of piperidine rings is 1. The van der Waals surface area contributed by atoms with Gasteiger partial charge in [0.05, 0.1) is 6.54 Å². The van der Waals surface area contributed by atoms with Crippen LogP contribution in [0.1, 0.15) is 55.7 Å². The number of hydrogen-bond donors (Lipinski definition) is 0. The fourth-order valence-corrected chi connectivity index (χ4v) is 4.03. The molecule has 1 saturated heterocycles. The molecule has 0 N–H and O–H groups in total. The number of aromatic nitrogens is 3. The minimum Gasteiger partial charge on any atom is -0.343 e. The molecule has 1 aliphatic rings. The van der Waals surface area contributed by atoms with Crippen molar-refractivity contribution >= 4 is 5.91 Å². The largest absolute Gasteiger partial charge is 0.343 e. The van der Waals surface area contributed by atoms with E-state index in [9.17, 15) is 4.79 Å². The van der Waals surface area contributed by atoms with Gasteiger partial charge in [-0.25, -0.2) is 0 Å². The number of nitrogens with zero attached hydrogens (tertiary/aromatic N) is 5. The van der Waals surface area contributed by atoms with E-state index in [4.69, 9.17) is 0 Å². The summed E-state index contributed by atoms with van der Waals surface area (Å²) in [6, 6.07) is 10.4. The van der Waals surface area contributed by atoms with Crippen LogP contribution < -0.4 is 0 Å². The molecule has 0 bridgehead atoms. The lowest BCUT2D eigenvalue weighted by molar-refractivity contribution is -0.132. The Balaban J connectivity index is 1.49. The van der Waals surface area contributed by atoms with Crippen LogP contribution in [0.3, 0.4) is 0 Å². The second-order valence-corrected chi connectivity index (χ2v) is 7.95. The van der Waals surface area contributed by atoms with Crippen molar-refractivity contribution < 1.29 is 4.79 Å². The molecular weight excluding hydrogens is 350 g/mol. The molecule has 6 heteroatoms. The van der Waals surface area contributed by atoms with Crippen LogP contribution in [-0.4, -0.2) is 57.7 Å². The molecule has 6 nitrogen and oxygen atoms in total. The van der Waals surface area contributed by atoms with Crippen LogP contribution in [0.5, 0.6) is 0 Å². The fourth-order valence-electron chi connectivity index (χ4n) is 4.03. The van der Waals surface area contributed by atoms with E-state index in [0.717, 1.165) is 63.5 Å². The van der Waals surface area contributed by atoms with Gasteiger partial charge in [-0.05, 0) is 52.3 Å². The van der Waals surface area contributed by atoms with Crippen LogP contribution in [0.25, 0.3) is 0 Å². The van der Waals surface area contributed by atoms with Crippen LogP contribution in [0.2, 0.25) is 0 Å². The Hall–Kier alpha value is -2.21. The summed E-state index contributed by atoms with van der Waals surface area (Å²) in [6.07, 6.45) is 4.48. The smallest absolute Gasteiger partial charge is 0.222 e. The van der Waals surface area contributed by atoms with Crippen molar-refractivity contribution in [1.29, 1.82) is 0 Å². The molecule has 2 heterocycles. The minimum atomic E-state index is 0.291. The first-order chi connectivity index (χ1) is 13.6. The Kier molecular flexibility index (Phi) is 7.20. The highest BCUT2D eigenvalue weighted by Crippen LogP contribution is 2.28. The van der Waals surface area contributed by atoms with Crippen LogP contribution in [0.15, 0.2) is 30.3 Å². The van der Waals surface area contributed by atoms with Crippen molar-refractivity contribution in [3.05, 3.63) is 47.5 Å². The minimum absolute atomic E-state index is 0.291. The Morgan fingerprint density at radius 3 is 2.50 bits per heavy atom. The standard InChI is InChI=1S/C22H33N5O/c1-4-27-20(17-25(2)3)23-24-22(27)19-13-15-26(16-14-19)21(28)12-8-11-18-9-6-5-7-10-18/h5-7,9-10,19H,4,8,11-17H2,1-3H3. The molecule has 2 aromatic rings. The quantitative estimate of drug-likeness (QED) is 0.703. The van der Waals surface area contributed by atoms with Gasteiger partial charge in [0.2, 0.25) is 5.91 Å². The van der Waals surface area contributed by atoms with Gasteiger partial charge in [0.25, 0.3) is 0 Å². The molecule has 1 amide bonds. The lowest BCUT2D eigenvalue weighted by atomic mass is 9.95. The summed E-state index contributed by atoms with van der Waals surface area (Å²) in [5, 5.41) is 8.92. The van der Waals surface area contributed by atoms with E-state index in [0.29, 0.717) is 18.2 Å². The molecule has 0 saturated carbocycles. The zero-order valence-electron chi connectivity index (χ0n) is 17.5. The van der Waals surface area contributed by atoms with Gasteiger partial charge in [0.1, 0.15) is 11.6 Å². The van der Waals surface area contributed by atoms with E-state index >= 15 is 0 Å². The van der Waals surface area contributed by atoms with Crippen LogP contribution in [-0.2, 0) is 24.3 Å². The van der Waals surface area contributed by atoms with Gasteiger partial charge in [-0.1, -0.05) is 30.3 Å². The lowest BCUT2D eigenvalue weighted by Crippen LogP contribution is -2.38. The van der Waals surface area contributed by atoms with Gasteiger partial charge in [-0.15, -0.1) is 10.2 Å². The summed E-state index contributed by atoms with van der Waals surface area (Å²) in [4.78, 5) is 16.7. The molecule has 3 rings (SSSR count). The van der Waals surface area contributed by atoms with Crippen molar-refractivity contribution in [1.82, 2.24) is 24.6 Å². The van der Waals surface area contributed by atoms with Gasteiger partial charge in [0.15, 0.2) is 0 Å². The summed E-state index contributed by atoms with van der Waals surface area (Å²) < 4.78 is 2.25. The molecule has 1 fully saturated rings. The third-order valence-electron chi connectivity index (χ3n) is 5.54. The predicted octanol–water partition coefficient (Wildman–Crippen LogP) is 3.09. The van der Waals surface area contributed by atoms with Crippen LogP contribution in [0, 0.1) is 0 Å².